The van der Waals surface area contributed by atoms with Crippen molar-refractivity contribution in [3.63, 3.8) is 0 Å². The lowest BCUT2D eigenvalue weighted by atomic mass is 9.97. The van der Waals surface area contributed by atoms with Gasteiger partial charge in [-0.1, -0.05) is 26.2 Å². The summed E-state index contributed by atoms with van der Waals surface area (Å²) in [5.74, 6) is -0.0747. The highest BCUT2D eigenvalue weighted by molar-refractivity contribution is 5.85. The van der Waals surface area contributed by atoms with Gasteiger partial charge in [0.15, 0.2) is 0 Å². The summed E-state index contributed by atoms with van der Waals surface area (Å²) in [7, 11) is 0. The fraction of sp³-hybridized carbons (Fsp3) is 0.923. The van der Waals surface area contributed by atoms with E-state index < -0.39 is 5.54 Å². The van der Waals surface area contributed by atoms with Crippen molar-refractivity contribution in [2.24, 2.45) is 5.73 Å². The first-order valence-electron chi connectivity index (χ1n) is 6.75. The van der Waals surface area contributed by atoms with Gasteiger partial charge in [-0.05, 0) is 26.2 Å². The molecule has 0 aliphatic heterocycles. The predicted molar refractivity (Wildman–Crippen MR) is 68.7 cm³/mol. The van der Waals surface area contributed by atoms with Crippen molar-refractivity contribution in [3.05, 3.63) is 0 Å². The van der Waals surface area contributed by atoms with Crippen molar-refractivity contribution in [2.75, 3.05) is 13.2 Å². The Morgan fingerprint density at radius 3 is 2.71 bits per heavy atom. The lowest BCUT2D eigenvalue weighted by molar-refractivity contribution is -0.126. The van der Waals surface area contributed by atoms with Gasteiger partial charge in [-0.25, -0.2) is 0 Å². The highest BCUT2D eigenvalue weighted by Gasteiger charge is 2.26. The largest absolute Gasteiger partial charge is 0.376 e. The van der Waals surface area contributed by atoms with Gasteiger partial charge in [0, 0.05) is 6.54 Å². The Balaban J connectivity index is 2.10. The Hall–Kier alpha value is -0.610. The minimum Gasteiger partial charge on any atom is -0.376 e. The van der Waals surface area contributed by atoms with Crippen LogP contribution in [0.25, 0.3) is 0 Å². The zero-order valence-electron chi connectivity index (χ0n) is 11.1. The van der Waals surface area contributed by atoms with Crippen molar-refractivity contribution in [3.8, 4) is 0 Å². The van der Waals surface area contributed by atoms with Crippen molar-refractivity contribution in [1.29, 1.82) is 0 Å². The molecule has 0 aromatic heterocycles. The standard InChI is InChI=1S/C13H26N2O2/c1-3-8-13(2,14)12(16)15-9-10-17-11-6-4-5-7-11/h11H,3-10,14H2,1-2H3,(H,15,16). The van der Waals surface area contributed by atoms with Crippen LogP contribution < -0.4 is 11.1 Å². The first kappa shape index (κ1) is 14.5. The molecular formula is C13H26N2O2. The van der Waals surface area contributed by atoms with Crippen LogP contribution in [0.2, 0.25) is 0 Å². The number of carbonyl (C=O) groups excluding carboxylic acids is 1. The van der Waals surface area contributed by atoms with Gasteiger partial charge >= 0.3 is 0 Å². The zero-order chi connectivity index (χ0) is 12.7. The molecule has 0 aromatic carbocycles. The van der Waals surface area contributed by atoms with Gasteiger partial charge < -0.3 is 15.8 Å². The molecule has 1 aliphatic rings. The monoisotopic (exact) mass is 242 g/mol. The number of hydrogen-bond acceptors (Lipinski definition) is 3. The third-order valence-corrected chi connectivity index (χ3v) is 3.33. The van der Waals surface area contributed by atoms with Gasteiger partial charge in [0.25, 0.3) is 0 Å². The zero-order valence-corrected chi connectivity index (χ0v) is 11.1. The van der Waals surface area contributed by atoms with E-state index in [2.05, 4.69) is 5.32 Å². The second kappa shape index (κ2) is 6.97. The van der Waals surface area contributed by atoms with E-state index in [1.165, 1.54) is 25.7 Å². The summed E-state index contributed by atoms with van der Waals surface area (Å²) in [4.78, 5) is 11.8. The fourth-order valence-electron chi connectivity index (χ4n) is 2.28. The van der Waals surface area contributed by atoms with E-state index >= 15 is 0 Å². The molecule has 0 heterocycles. The molecule has 1 rings (SSSR count). The molecule has 4 heteroatoms. The average Bonchev–Trinajstić information content (AvgIpc) is 2.76. The minimum absolute atomic E-state index is 0.0747. The molecule has 0 bridgehead atoms. The summed E-state index contributed by atoms with van der Waals surface area (Å²) >= 11 is 0. The molecular weight excluding hydrogens is 216 g/mol. The smallest absolute Gasteiger partial charge is 0.239 e. The molecule has 17 heavy (non-hydrogen) atoms. The topological polar surface area (TPSA) is 64.4 Å². The fourth-order valence-corrected chi connectivity index (χ4v) is 2.28. The molecule has 100 valence electrons. The molecule has 0 aromatic rings. The predicted octanol–water partition coefficient (Wildman–Crippen LogP) is 1.58. The lowest BCUT2D eigenvalue weighted by Gasteiger charge is -2.23. The van der Waals surface area contributed by atoms with Crippen molar-refractivity contribution in [2.45, 2.75) is 64.0 Å². The van der Waals surface area contributed by atoms with E-state index in [0.717, 1.165) is 6.42 Å². The number of rotatable bonds is 7. The van der Waals surface area contributed by atoms with Crippen LogP contribution in [0.15, 0.2) is 0 Å². The first-order valence-corrected chi connectivity index (χ1v) is 6.75. The van der Waals surface area contributed by atoms with Gasteiger partial charge in [0.05, 0.1) is 18.2 Å². The van der Waals surface area contributed by atoms with E-state index in [9.17, 15) is 4.79 Å². The van der Waals surface area contributed by atoms with Crippen LogP contribution in [-0.4, -0.2) is 30.7 Å². The number of amides is 1. The van der Waals surface area contributed by atoms with E-state index in [-0.39, 0.29) is 5.91 Å². The second-order valence-electron chi connectivity index (χ2n) is 5.20. The molecule has 1 unspecified atom stereocenters. The Kier molecular flexibility index (Phi) is 5.92. The molecule has 1 fully saturated rings. The van der Waals surface area contributed by atoms with Crippen molar-refractivity contribution >= 4 is 5.91 Å². The summed E-state index contributed by atoms with van der Waals surface area (Å²) in [6.07, 6.45) is 6.91. The van der Waals surface area contributed by atoms with Crippen LogP contribution in [0.4, 0.5) is 0 Å². The van der Waals surface area contributed by atoms with E-state index in [4.69, 9.17) is 10.5 Å². The molecule has 1 aliphatic carbocycles. The van der Waals surface area contributed by atoms with E-state index in [0.29, 0.717) is 25.7 Å². The Morgan fingerprint density at radius 2 is 2.12 bits per heavy atom. The maximum absolute atomic E-state index is 11.8. The first-order chi connectivity index (χ1) is 8.06. The Morgan fingerprint density at radius 1 is 1.47 bits per heavy atom. The van der Waals surface area contributed by atoms with Gasteiger partial charge in [0.1, 0.15) is 0 Å². The highest BCUT2D eigenvalue weighted by atomic mass is 16.5. The quantitative estimate of drug-likeness (QED) is 0.666. The van der Waals surface area contributed by atoms with Crippen LogP contribution >= 0.6 is 0 Å². The number of ether oxygens (including phenoxy) is 1. The van der Waals surface area contributed by atoms with Gasteiger partial charge in [0.2, 0.25) is 5.91 Å². The molecule has 0 saturated heterocycles. The normalized spacial score (nSPS) is 20.2. The van der Waals surface area contributed by atoms with Crippen molar-refractivity contribution < 1.29 is 9.53 Å². The van der Waals surface area contributed by atoms with Crippen LogP contribution in [0.5, 0.6) is 0 Å². The Labute approximate surface area is 104 Å². The lowest BCUT2D eigenvalue weighted by Crippen LogP contribution is -2.52. The maximum Gasteiger partial charge on any atom is 0.239 e. The highest BCUT2D eigenvalue weighted by Crippen LogP contribution is 2.20. The summed E-state index contributed by atoms with van der Waals surface area (Å²) in [6, 6.07) is 0. The minimum atomic E-state index is -0.748. The SMILES string of the molecule is CCCC(C)(N)C(=O)NCCOC1CCCC1. The van der Waals surface area contributed by atoms with Crippen LogP contribution in [-0.2, 0) is 9.53 Å². The average molecular weight is 242 g/mol. The maximum atomic E-state index is 11.8. The summed E-state index contributed by atoms with van der Waals surface area (Å²) in [6.45, 7) is 4.97. The third kappa shape index (κ3) is 5.04. The number of nitrogens with one attached hydrogen (secondary N) is 1. The van der Waals surface area contributed by atoms with Crippen LogP contribution in [0.1, 0.15) is 52.4 Å². The number of carbonyl (C=O) groups is 1. The van der Waals surface area contributed by atoms with Gasteiger partial charge in [-0.15, -0.1) is 0 Å². The molecule has 1 atom stereocenters. The summed E-state index contributed by atoms with van der Waals surface area (Å²) in [5, 5.41) is 2.84. The van der Waals surface area contributed by atoms with Crippen LogP contribution in [0, 0.1) is 0 Å². The Bertz CT molecular complexity index is 236. The number of nitrogens with two attached hydrogens (primary N) is 1. The van der Waals surface area contributed by atoms with Crippen LogP contribution in [0.3, 0.4) is 0 Å². The molecule has 1 saturated carbocycles. The van der Waals surface area contributed by atoms with E-state index in [1.54, 1.807) is 6.92 Å². The molecule has 3 N–H and O–H groups in total. The molecule has 0 spiro atoms. The van der Waals surface area contributed by atoms with Gasteiger partial charge in [-0.2, -0.15) is 0 Å². The molecule has 1 amide bonds. The second-order valence-corrected chi connectivity index (χ2v) is 5.20. The van der Waals surface area contributed by atoms with Gasteiger partial charge in [-0.3, -0.25) is 4.79 Å². The number of hydrogen-bond donors (Lipinski definition) is 2. The molecule has 4 nitrogen and oxygen atoms in total. The van der Waals surface area contributed by atoms with E-state index in [1.807, 2.05) is 6.92 Å². The summed E-state index contributed by atoms with van der Waals surface area (Å²) in [5.41, 5.74) is 5.17. The molecule has 0 radical (unpaired) electrons. The summed E-state index contributed by atoms with van der Waals surface area (Å²) < 4.78 is 5.67. The van der Waals surface area contributed by atoms with Crippen molar-refractivity contribution in [1.82, 2.24) is 5.32 Å². The third-order valence-electron chi connectivity index (χ3n) is 3.33.